The maximum Gasteiger partial charge on any atom is 0.425 e. The standard InChI is InChI=1S/C23H32ClF3N2O2/c1-16(23(25,26)27)31-21(30)29-12-10-22(2,11-13-29)28(3)15-18-8-9-19(24)14-20(18)17-6-4-5-7-17/h8-9,14,16-17H,4-7,10-13,15H2,1-3H3. The van der Waals surface area contributed by atoms with Crippen LogP contribution in [0.25, 0.3) is 0 Å². The van der Waals surface area contributed by atoms with Crippen molar-refractivity contribution in [2.24, 2.45) is 0 Å². The second-order valence-corrected chi connectivity index (χ2v) is 9.67. The fourth-order valence-corrected chi connectivity index (χ4v) is 4.80. The van der Waals surface area contributed by atoms with E-state index in [0.717, 1.165) is 18.5 Å². The molecular weight excluding hydrogens is 429 g/mol. The number of amides is 1. The van der Waals surface area contributed by atoms with Gasteiger partial charge in [0.05, 0.1) is 0 Å². The molecule has 1 aliphatic heterocycles. The maximum absolute atomic E-state index is 12.7. The van der Waals surface area contributed by atoms with E-state index in [9.17, 15) is 18.0 Å². The van der Waals surface area contributed by atoms with Gasteiger partial charge in [-0.25, -0.2) is 4.79 Å². The molecule has 4 nitrogen and oxygen atoms in total. The summed E-state index contributed by atoms with van der Waals surface area (Å²) in [7, 11) is 2.08. The predicted octanol–water partition coefficient (Wildman–Crippen LogP) is 6.37. The summed E-state index contributed by atoms with van der Waals surface area (Å²) < 4.78 is 42.6. The van der Waals surface area contributed by atoms with Crippen molar-refractivity contribution in [3.63, 3.8) is 0 Å². The van der Waals surface area contributed by atoms with E-state index in [1.54, 1.807) is 0 Å². The van der Waals surface area contributed by atoms with Gasteiger partial charge in [0, 0.05) is 30.2 Å². The Morgan fingerprint density at radius 3 is 2.48 bits per heavy atom. The molecule has 3 rings (SSSR count). The molecule has 1 unspecified atom stereocenters. The number of ether oxygens (including phenoxy) is 1. The molecular formula is C23H32ClF3N2O2. The third-order valence-electron chi connectivity index (χ3n) is 7.07. The van der Waals surface area contributed by atoms with Crippen molar-refractivity contribution in [1.29, 1.82) is 0 Å². The van der Waals surface area contributed by atoms with Crippen LogP contribution >= 0.6 is 11.6 Å². The minimum Gasteiger partial charge on any atom is -0.437 e. The van der Waals surface area contributed by atoms with Gasteiger partial charge >= 0.3 is 12.3 Å². The Kier molecular flexibility index (Phi) is 7.47. The van der Waals surface area contributed by atoms with Gasteiger partial charge in [-0.15, -0.1) is 0 Å². The van der Waals surface area contributed by atoms with Crippen LogP contribution in [0.2, 0.25) is 5.02 Å². The van der Waals surface area contributed by atoms with Gasteiger partial charge < -0.3 is 9.64 Å². The fourth-order valence-electron chi connectivity index (χ4n) is 4.62. The Bertz CT molecular complexity index is 773. The van der Waals surface area contributed by atoms with Crippen LogP contribution in [0, 0.1) is 0 Å². The van der Waals surface area contributed by atoms with E-state index in [0.29, 0.717) is 31.8 Å². The minimum atomic E-state index is -4.55. The van der Waals surface area contributed by atoms with Crippen molar-refractivity contribution in [2.45, 2.75) is 82.7 Å². The Morgan fingerprint density at radius 2 is 1.90 bits per heavy atom. The number of hydrogen-bond donors (Lipinski definition) is 0. The van der Waals surface area contributed by atoms with E-state index in [2.05, 4.69) is 35.7 Å². The number of hydrogen-bond acceptors (Lipinski definition) is 3. The van der Waals surface area contributed by atoms with Crippen LogP contribution in [-0.4, -0.2) is 53.8 Å². The van der Waals surface area contributed by atoms with Gasteiger partial charge in [-0.2, -0.15) is 13.2 Å². The molecule has 174 valence electrons. The second-order valence-electron chi connectivity index (χ2n) is 9.23. The Labute approximate surface area is 187 Å². The van der Waals surface area contributed by atoms with Gasteiger partial charge in [0.15, 0.2) is 6.10 Å². The third kappa shape index (κ3) is 5.86. The Hall–Kier alpha value is -1.47. The number of piperidine rings is 1. The first kappa shape index (κ1) is 24.2. The van der Waals surface area contributed by atoms with E-state index in [4.69, 9.17) is 11.6 Å². The molecule has 1 aromatic carbocycles. The zero-order chi connectivity index (χ0) is 22.8. The number of carbonyl (C=O) groups excluding carboxylic acids is 1. The van der Waals surface area contributed by atoms with Crippen molar-refractivity contribution in [3.8, 4) is 0 Å². The summed E-state index contributed by atoms with van der Waals surface area (Å²) in [5.74, 6) is 0.558. The van der Waals surface area contributed by atoms with Crippen LogP contribution in [0.1, 0.15) is 69.4 Å². The number of nitrogens with zero attached hydrogens (tertiary/aromatic N) is 2. The van der Waals surface area contributed by atoms with E-state index in [1.807, 2.05) is 6.07 Å². The lowest BCUT2D eigenvalue weighted by Crippen LogP contribution is -2.53. The van der Waals surface area contributed by atoms with Gasteiger partial charge in [-0.05, 0) is 75.8 Å². The highest BCUT2D eigenvalue weighted by atomic mass is 35.5. The molecule has 2 fully saturated rings. The summed E-state index contributed by atoms with van der Waals surface area (Å²) in [6.45, 7) is 4.53. The summed E-state index contributed by atoms with van der Waals surface area (Å²) in [6.07, 6.45) is -1.30. The molecule has 1 aliphatic carbocycles. The number of likely N-dealkylation sites (tertiary alicyclic amines) is 1. The van der Waals surface area contributed by atoms with Gasteiger partial charge in [0.25, 0.3) is 0 Å². The number of alkyl halides is 3. The molecule has 1 amide bonds. The molecule has 0 spiro atoms. The second kappa shape index (κ2) is 9.57. The SMILES string of the molecule is CC(OC(=O)N1CCC(C)(N(C)Cc2ccc(Cl)cc2C2CCCC2)CC1)C(F)(F)F. The van der Waals surface area contributed by atoms with Crippen LogP contribution in [0.3, 0.4) is 0 Å². The van der Waals surface area contributed by atoms with E-state index in [1.165, 1.54) is 41.7 Å². The van der Waals surface area contributed by atoms with Crippen molar-refractivity contribution in [1.82, 2.24) is 9.80 Å². The number of halogens is 4. The first-order valence-corrected chi connectivity index (χ1v) is 11.4. The van der Waals surface area contributed by atoms with Gasteiger partial charge in [-0.3, -0.25) is 4.90 Å². The highest BCUT2D eigenvalue weighted by Crippen LogP contribution is 2.38. The minimum absolute atomic E-state index is 0.154. The molecule has 2 aliphatic rings. The fraction of sp³-hybridized carbons (Fsp3) is 0.696. The molecule has 0 bridgehead atoms. The monoisotopic (exact) mass is 460 g/mol. The highest BCUT2D eigenvalue weighted by molar-refractivity contribution is 6.30. The first-order valence-electron chi connectivity index (χ1n) is 11.0. The van der Waals surface area contributed by atoms with Crippen molar-refractivity contribution in [3.05, 3.63) is 34.3 Å². The topological polar surface area (TPSA) is 32.8 Å². The van der Waals surface area contributed by atoms with Crippen LogP contribution in [-0.2, 0) is 11.3 Å². The Morgan fingerprint density at radius 1 is 1.29 bits per heavy atom. The summed E-state index contributed by atoms with van der Waals surface area (Å²) in [5, 5.41) is 0.763. The summed E-state index contributed by atoms with van der Waals surface area (Å²) in [4.78, 5) is 15.8. The average Bonchev–Trinajstić information content (AvgIpc) is 3.23. The van der Waals surface area contributed by atoms with Gasteiger partial charge in [0.1, 0.15) is 0 Å². The average molecular weight is 461 g/mol. The lowest BCUT2D eigenvalue weighted by Gasteiger charge is -2.45. The number of carbonyl (C=O) groups is 1. The van der Waals surface area contributed by atoms with Gasteiger partial charge in [0.2, 0.25) is 0 Å². The maximum atomic E-state index is 12.7. The normalized spacial score (nSPS) is 20.8. The number of benzene rings is 1. The third-order valence-corrected chi connectivity index (χ3v) is 7.30. The van der Waals surface area contributed by atoms with E-state index < -0.39 is 18.4 Å². The van der Waals surface area contributed by atoms with E-state index >= 15 is 0 Å². The Balaban J connectivity index is 1.61. The summed E-state index contributed by atoms with van der Waals surface area (Å²) in [6, 6.07) is 6.15. The number of rotatable bonds is 5. The van der Waals surface area contributed by atoms with Crippen molar-refractivity contribution in [2.75, 3.05) is 20.1 Å². The predicted molar refractivity (Wildman–Crippen MR) is 115 cm³/mol. The molecule has 0 radical (unpaired) electrons. The highest BCUT2D eigenvalue weighted by Gasteiger charge is 2.41. The van der Waals surface area contributed by atoms with Crippen LogP contribution in [0.4, 0.5) is 18.0 Å². The molecule has 0 aromatic heterocycles. The molecule has 1 saturated carbocycles. The molecule has 0 N–H and O–H groups in total. The lowest BCUT2D eigenvalue weighted by molar-refractivity contribution is -0.200. The molecule has 8 heteroatoms. The van der Waals surface area contributed by atoms with Crippen molar-refractivity contribution >= 4 is 17.7 Å². The molecule has 1 atom stereocenters. The smallest absolute Gasteiger partial charge is 0.425 e. The zero-order valence-electron chi connectivity index (χ0n) is 18.5. The zero-order valence-corrected chi connectivity index (χ0v) is 19.2. The quantitative estimate of drug-likeness (QED) is 0.511. The summed E-state index contributed by atoms with van der Waals surface area (Å²) >= 11 is 6.28. The molecule has 1 saturated heterocycles. The molecule has 1 heterocycles. The van der Waals surface area contributed by atoms with Crippen molar-refractivity contribution < 1.29 is 22.7 Å². The lowest BCUT2D eigenvalue weighted by atomic mass is 9.86. The van der Waals surface area contributed by atoms with Gasteiger partial charge in [-0.1, -0.05) is 30.5 Å². The van der Waals surface area contributed by atoms with Crippen LogP contribution < -0.4 is 0 Å². The van der Waals surface area contributed by atoms with E-state index in [-0.39, 0.29) is 5.54 Å². The summed E-state index contributed by atoms with van der Waals surface area (Å²) in [5.41, 5.74) is 2.46. The first-order chi connectivity index (χ1) is 14.5. The molecule has 1 aromatic rings. The van der Waals surface area contributed by atoms with Crippen LogP contribution in [0.5, 0.6) is 0 Å². The largest absolute Gasteiger partial charge is 0.437 e. The van der Waals surface area contributed by atoms with Crippen LogP contribution in [0.15, 0.2) is 18.2 Å². The molecule has 31 heavy (non-hydrogen) atoms.